The Labute approximate surface area is 180 Å². The second-order valence-corrected chi connectivity index (χ2v) is 7.83. The fourth-order valence-electron chi connectivity index (χ4n) is 3.72. The van der Waals surface area contributed by atoms with Crippen LogP contribution in [0.3, 0.4) is 0 Å². The zero-order valence-electron chi connectivity index (χ0n) is 16.4. The van der Waals surface area contributed by atoms with Crippen LogP contribution in [-0.2, 0) is 19.5 Å². The van der Waals surface area contributed by atoms with E-state index in [1.54, 1.807) is 12.4 Å². The summed E-state index contributed by atoms with van der Waals surface area (Å²) >= 11 is 6.00. The average Bonchev–Trinajstić information content (AvgIpc) is 2.80. The van der Waals surface area contributed by atoms with E-state index in [2.05, 4.69) is 27.0 Å². The summed E-state index contributed by atoms with van der Waals surface area (Å²) in [5.74, 6) is 0.743. The van der Waals surface area contributed by atoms with Gasteiger partial charge in [-0.1, -0.05) is 29.8 Å². The first-order valence-corrected chi connectivity index (χ1v) is 10.3. The first-order chi connectivity index (χ1) is 14.7. The highest BCUT2D eigenvalue weighted by atomic mass is 35.5. The molecular weight excluding hydrogens is 394 g/mol. The highest BCUT2D eigenvalue weighted by Gasteiger charge is 2.19. The van der Waals surface area contributed by atoms with Crippen LogP contribution in [0, 0.1) is 0 Å². The van der Waals surface area contributed by atoms with E-state index in [9.17, 15) is 0 Å². The van der Waals surface area contributed by atoms with Crippen molar-refractivity contribution in [2.45, 2.75) is 19.5 Å². The summed E-state index contributed by atoms with van der Waals surface area (Å²) < 4.78 is 0. The third-order valence-electron chi connectivity index (χ3n) is 5.27. The number of pyridine rings is 2. The lowest BCUT2D eigenvalue weighted by molar-refractivity contribution is 0.240. The number of aromatic nitrogens is 4. The van der Waals surface area contributed by atoms with E-state index in [0.29, 0.717) is 0 Å². The Morgan fingerprint density at radius 3 is 2.63 bits per heavy atom. The van der Waals surface area contributed by atoms with E-state index >= 15 is 0 Å². The quantitative estimate of drug-likeness (QED) is 0.480. The van der Waals surface area contributed by atoms with Gasteiger partial charge in [0.25, 0.3) is 0 Å². The van der Waals surface area contributed by atoms with Crippen molar-refractivity contribution in [3.8, 4) is 22.6 Å². The monoisotopic (exact) mass is 413 g/mol. The summed E-state index contributed by atoms with van der Waals surface area (Å²) in [4.78, 5) is 20.8. The van der Waals surface area contributed by atoms with E-state index in [-0.39, 0.29) is 0 Å². The minimum absolute atomic E-state index is 0.732. The van der Waals surface area contributed by atoms with E-state index < -0.39 is 0 Å². The molecule has 6 heteroatoms. The molecule has 0 fully saturated rings. The van der Waals surface area contributed by atoms with Crippen molar-refractivity contribution in [2.24, 2.45) is 0 Å². The lowest BCUT2D eigenvalue weighted by atomic mass is 10.1. The minimum atomic E-state index is 0.732. The largest absolute Gasteiger partial charge is 0.293 e. The van der Waals surface area contributed by atoms with Gasteiger partial charge in [-0.05, 0) is 36.4 Å². The van der Waals surface area contributed by atoms with Crippen LogP contribution in [0.5, 0.6) is 0 Å². The molecule has 0 amide bonds. The van der Waals surface area contributed by atoms with E-state index in [4.69, 9.17) is 21.6 Å². The van der Waals surface area contributed by atoms with E-state index in [0.717, 1.165) is 65.1 Å². The molecule has 3 aromatic heterocycles. The summed E-state index contributed by atoms with van der Waals surface area (Å²) in [5, 5.41) is 0.732. The van der Waals surface area contributed by atoms with Crippen LogP contribution in [0.25, 0.3) is 22.6 Å². The lowest BCUT2D eigenvalue weighted by Gasteiger charge is -2.27. The molecule has 0 radical (unpaired) electrons. The molecule has 30 heavy (non-hydrogen) atoms. The number of halogens is 1. The van der Waals surface area contributed by atoms with Crippen molar-refractivity contribution >= 4 is 11.6 Å². The van der Waals surface area contributed by atoms with Crippen molar-refractivity contribution in [3.63, 3.8) is 0 Å². The van der Waals surface area contributed by atoms with Crippen LogP contribution >= 0.6 is 11.6 Å². The molecule has 5 rings (SSSR count). The predicted molar refractivity (Wildman–Crippen MR) is 118 cm³/mol. The Kier molecular flexibility index (Phi) is 5.22. The molecule has 0 saturated heterocycles. The maximum atomic E-state index is 6.00. The van der Waals surface area contributed by atoms with Crippen LogP contribution in [0.15, 0.2) is 73.2 Å². The molecule has 0 unspecified atom stereocenters. The zero-order valence-corrected chi connectivity index (χ0v) is 17.1. The smallest absolute Gasteiger partial charge is 0.160 e. The van der Waals surface area contributed by atoms with Gasteiger partial charge in [-0.25, -0.2) is 9.97 Å². The lowest BCUT2D eigenvalue weighted by Crippen LogP contribution is -2.31. The number of benzene rings is 1. The summed E-state index contributed by atoms with van der Waals surface area (Å²) in [7, 11) is 0. The number of nitrogens with zero attached hydrogens (tertiary/aromatic N) is 5. The molecule has 148 valence electrons. The maximum Gasteiger partial charge on any atom is 0.160 e. The van der Waals surface area contributed by atoms with E-state index in [1.807, 2.05) is 48.7 Å². The Morgan fingerprint density at radius 1 is 0.900 bits per heavy atom. The second kappa shape index (κ2) is 8.30. The number of rotatable bonds is 4. The van der Waals surface area contributed by atoms with Gasteiger partial charge in [0, 0.05) is 66.4 Å². The Morgan fingerprint density at radius 2 is 1.80 bits per heavy atom. The molecule has 0 spiro atoms. The topological polar surface area (TPSA) is 54.8 Å². The summed E-state index contributed by atoms with van der Waals surface area (Å²) in [6.45, 7) is 2.57. The van der Waals surface area contributed by atoms with Crippen LogP contribution in [0.4, 0.5) is 0 Å². The van der Waals surface area contributed by atoms with Gasteiger partial charge in [0.2, 0.25) is 0 Å². The summed E-state index contributed by atoms with van der Waals surface area (Å²) in [6.07, 6.45) is 6.42. The van der Waals surface area contributed by atoms with Gasteiger partial charge < -0.3 is 0 Å². The Hall–Kier alpha value is -3.15. The summed E-state index contributed by atoms with van der Waals surface area (Å²) in [6, 6.07) is 17.9. The van der Waals surface area contributed by atoms with Crippen molar-refractivity contribution in [2.75, 3.05) is 6.54 Å². The van der Waals surface area contributed by atoms with Crippen LogP contribution in [0.1, 0.15) is 17.0 Å². The molecule has 5 nitrogen and oxygen atoms in total. The van der Waals surface area contributed by atoms with Gasteiger partial charge in [0.15, 0.2) is 5.82 Å². The molecule has 1 aliphatic heterocycles. The highest BCUT2D eigenvalue weighted by molar-refractivity contribution is 6.30. The second-order valence-electron chi connectivity index (χ2n) is 7.39. The third-order valence-corrected chi connectivity index (χ3v) is 5.52. The molecule has 4 heterocycles. The zero-order chi connectivity index (χ0) is 20.3. The van der Waals surface area contributed by atoms with Crippen molar-refractivity contribution in [1.82, 2.24) is 24.8 Å². The maximum absolute atomic E-state index is 6.00. The van der Waals surface area contributed by atoms with Crippen molar-refractivity contribution in [1.29, 1.82) is 0 Å². The first kappa shape index (κ1) is 18.9. The van der Waals surface area contributed by atoms with E-state index in [1.165, 1.54) is 5.56 Å². The molecule has 0 atom stereocenters. The van der Waals surface area contributed by atoms with Gasteiger partial charge in [-0.2, -0.15) is 0 Å². The Bertz CT molecular complexity index is 1160. The normalized spacial score (nSPS) is 13.8. The number of hydrogen-bond acceptors (Lipinski definition) is 5. The molecule has 0 aliphatic carbocycles. The third kappa shape index (κ3) is 4.08. The fourth-order valence-corrected chi connectivity index (χ4v) is 3.85. The van der Waals surface area contributed by atoms with Crippen LogP contribution < -0.4 is 0 Å². The van der Waals surface area contributed by atoms with Crippen molar-refractivity contribution < 1.29 is 0 Å². The van der Waals surface area contributed by atoms with Crippen LogP contribution in [-0.4, -0.2) is 31.4 Å². The summed E-state index contributed by atoms with van der Waals surface area (Å²) in [5.41, 5.74) is 6.35. The average molecular weight is 414 g/mol. The molecule has 0 N–H and O–H groups in total. The van der Waals surface area contributed by atoms with Gasteiger partial charge in [0.05, 0.1) is 17.1 Å². The standard InChI is InChI=1S/C24H20ClN5/c25-20-8-6-17(7-9-20)22-5-1-4-21(28-22)16-30-12-10-23-19(15-30)14-27-24(29-23)18-3-2-11-26-13-18/h1-9,11,13-14H,10,12,15-16H2. The predicted octanol–water partition coefficient (Wildman–Crippen LogP) is 4.81. The van der Waals surface area contributed by atoms with Gasteiger partial charge >= 0.3 is 0 Å². The fraction of sp³-hybridized carbons (Fsp3) is 0.167. The van der Waals surface area contributed by atoms with Gasteiger partial charge in [0.1, 0.15) is 0 Å². The molecular formula is C24H20ClN5. The molecule has 1 aromatic carbocycles. The number of fused-ring (bicyclic) bond motifs is 1. The minimum Gasteiger partial charge on any atom is -0.293 e. The SMILES string of the molecule is Clc1ccc(-c2cccc(CN3CCc4nc(-c5cccnc5)ncc4C3)n2)cc1. The van der Waals surface area contributed by atoms with Crippen LogP contribution in [0.2, 0.25) is 5.02 Å². The molecule has 1 aliphatic rings. The molecule has 0 saturated carbocycles. The first-order valence-electron chi connectivity index (χ1n) is 9.94. The molecule has 4 aromatic rings. The highest BCUT2D eigenvalue weighted by Crippen LogP contribution is 2.23. The Balaban J connectivity index is 1.31. The molecule has 0 bridgehead atoms. The number of hydrogen-bond donors (Lipinski definition) is 0. The van der Waals surface area contributed by atoms with Gasteiger partial charge in [-0.15, -0.1) is 0 Å². The van der Waals surface area contributed by atoms with Gasteiger partial charge in [-0.3, -0.25) is 14.9 Å². The van der Waals surface area contributed by atoms with Crippen molar-refractivity contribution in [3.05, 3.63) is 95.2 Å².